The largest absolute Gasteiger partial charge is 0.492 e. The van der Waals surface area contributed by atoms with Crippen molar-refractivity contribution in [3.8, 4) is 11.5 Å². The van der Waals surface area contributed by atoms with Gasteiger partial charge in [0, 0.05) is 13.1 Å². The van der Waals surface area contributed by atoms with E-state index in [-0.39, 0.29) is 17.4 Å². The van der Waals surface area contributed by atoms with Gasteiger partial charge in [-0.1, -0.05) is 25.1 Å². The minimum atomic E-state index is -3.43. The first-order chi connectivity index (χ1) is 14.9. The third-order valence-corrected chi connectivity index (χ3v) is 7.14. The number of benzene rings is 2. The molecule has 1 heterocycles. The molecule has 2 aromatic carbocycles. The smallest absolute Gasteiger partial charge is 0.261 e. The maximum Gasteiger partial charge on any atom is 0.261 e. The number of hydrogen-bond donors (Lipinski definition) is 1. The van der Waals surface area contributed by atoms with Crippen LogP contribution in [-0.4, -0.2) is 51.0 Å². The highest BCUT2D eigenvalue weighted by Crippen LogP contribution is 2.23. The number of ether oxygens (including phenoxy) is 2. The van der Waals surface area contributed by atoms with Crippen molar-refractivity contribution in [2.45, 2.75) is 44.1 Å². The molecule has 2 aromatic rings. The number of para-hydroxylation sites is 1. The lowest BCUT2D eigenvalue weighted by Crippen LogP contribution is -2.39. The molecule has 1 unspecified atom stereocenters. The van der Waals surface area contributed by atoms with E-state index in [2.05, 4.69) is 5.32 Å². The van der Waals surface area contributed by atoms with Crippen LogP contribution in [0.25, 0.3) is 0 Å². The molecule has 8 heteroatoms. The quantitative estimate of drug-likeness (QED) is 0.567. The zero-order chi connectivity index (χ0) is 22.3. The fourth-order valence-corrected chi connectivity index (χ4v) is 4.92. The third-order valence-electron chi connectivity index (χ3n) is 5.22. The van der Waals surface area contributed by atoms with Gasteiger partial charge in [-0.3, -0.25) is 4.79 Å². The first-order valence-corrected chi connectivity index (χ1v) is 12.1. The Bertz CT molecular complexity index is 970. The van der Waals surface area contributed by atoms with Gasteiger partial charge >= 0.3 is 0 Å². The fourth-order valence-electron chi connectivity index (χ4n) is 3.41. The van der Waals surface area contributed by atoms with E-state index >= 15 is 0 Å². The Labute approximate surface area is 184 Å². The predicted molar refractivity (Wildman–Crippen MR) is 119 cm³/mol. The number of amides is 1. The Balaban J connectivity index is 1.45. The van der Waals surface area contributed by atoms with Crippen LogP contribution >= 0.6 is 0 Å². The molecule has 7 nitrogen and oxygen atoms in total. The van der Waals surface area contributed by atoms with Crippen LogP contribution in [0, 0.1) is 6.92 Å². The molecular weight excluding hydrogens is 416 g/mol. The summed E-state index contributed by atoms with van der Waals surface area (Å²) in [4.78, 5) is 12.7. The van der Waals surface area contributed by atoms with Crippen molar-refractivity contribution in [3.63, 3.8) is 0 Å². The summed E-state index contributed by atoms with van der Waals surface area (Å²) >= 11 is 0. The first kappa shape index (κ1) is 23.1. The van der Waals surface area contributed by atoms with Gasteiger partial charge in [-0.25, -0.2) is 8.42 Å². The summed E-state index contributed by atoms with van der Waals surface area (Å²) in [5.41, 5.74) is 0.979. The average molecular weight is 447 g/mol. The van der Waals surface area contributed by atoms with E-state index in [1.807, 2.05) is 38.1 Å². The lowest BCUT2D eigenvalue weighted by molar-refractivity contribution is -0.128. The van der Waals surface area contributed by atoms with Crippen molar-refractivity contribution < 1.29 is 22.7 Å². The van der Waals surface area contributed by atoms with E-state index in [9.17, 15) is 13.2 Å². The van der Waals surface area contributed by atoms with Crippen molar-refractivity contribution in [2.24, 2.45) is 0 Å². The van der Waals surface area contributed by atoms with Crippen LogP contribution < -0.4 is 14.8 Å². The Kier molecular flexibility index (Phi) is 7.92. The van der Waals surface area contributed by atoms with Crippen molar-refractivity contribution in [2.75, 3.05) is 26.2 Å². The molecule has 168 valence electrons. The molecule has 1 saturated heterocycles. The second kappa shape index (κ2) is 10.6. The molecule has 0 bridgehead atoms. The normalized spacial score (nSPS) is 15.4. The van der Waals surface area contributed by atoms with Gasteiger partial charge in [0.05, 0.1) is 11.4 Å². The number of nitrogens with zero attached hydrogens (tertiary/aromatic N) is 1. The first-order valence-electron chi connectivity index (χ1n) is 10.6. The number of rotatable bonds is 10. The fraction of sp³-hybridized carbons (Fsp3) is 0.435. The molecule has 0 aliphatic carbocycles. The Morgan fingerprint density at radius 1 is 1.10 bits per heavy atom. The number of carbonyl (C=O) groups excluding carboxylic acids is 1. The van der Waals surface area contributed by atoms with Crippen molar-refractivity contribution in [1.82, 2.24) is 9.62 Å². The lowest BCUT2D eigenvalue weighted by atomic mass is 10.2. The summed E-state index contributed by atoms with van der Waals surface area (Å²) in [7, 11) is -3.43. The summed E-state index contributed by atoms with van der Waals surface area (Å²) in [5.74, 6) is 1.06. The summed E-state index contributed by atoms with van der Waals surface area (Å²) in [5, 5.41) is 2.82. The lowest BCUT2D eigenvalue weighted by Gasteiger charge is -2.18. The van der Waals surface area contributed by atoms with Crippen LogP contribution in [0.2, 0.25) is 0 Å². The summed E-state index contributed by atoms with van der Waals surface area (Å²) in [6.45, 7) is 5.58. The molecule has 0 spiro atoms. The number of nitrogens with one attached hydrogen (secondary N) is 1. The Morgan fingerprint density at radius 2 is 1.77 bits per heavy atom. The maximum atomic E-state index is 12.6. The molecule has 1 atom stereocenters. The summed E-state index contributed by atoms with van der Waals surface area (Å²) < 4.78 is 38.1. The molecule has 1 aliphatic rings. The van der Waals surface area contributed by atoms with Crippen LogP contribution in [0.3, 0.4) is 0 Å². The van der Waals surface area contributed by atoms with Gasteiger partial charge in [-0.15, -0.1) is 0 Å². The molecule has 1 fully saturated rings. The monoisotopic (exact) mass is 446 g/mol. The van der Waals surface area contributed by atoms with E-state index in [0.29, 0.717) is 37.6 Å². The van der Waals surface area contributed by atoms with E-state index < -0.39 is 16.1 Å². The zero-order valence-corrected chi connectivity index (χ0v) is 18.9. The van der Waals surface area contributed by atoms with Crippen LogP contribution in [0.4, 0.5) is 0 Å². The molecule has 0 radical (unpaired) electrons. The van der Waals surface area contributed by atoms with E-state index in [0.717, 1.165) is 18.4 Å². The van der Waals surface area contributed by atoms with Gasteiger partial charge in [-0.05, 0) is 62.1 Å². The molecule has 0 aromatic heterocycles. The molecule has 3 rings (SSSR count). The van der Waals surface area contributed by atoms with Gasteiger partial charge in [-0.2, -0.15) is 4.31 Å². The van der Waals surface area contributed by atoms with Gasteiger partial charge in [0.1, 0.15) is 18.1 Å². The average Bonchev–Trinajstić information content (AvgIpc) is 3.32. The SMILES string of the molecule is CCC(Oc1ccccc1C)C(=O)NCCOc1ccc(S(=O)(=O)N2CCCC2)cc1. The van der Waals surface area contributed by atoms with Crippen molar-refractivity contribution in [3.05, 3.63) is 54.1 Å². The van der Waals surface area contributed by atoms with Gasteiger partial charge in [0.15, 0.2) is 6.10 Å². The summed E-state index contributed by atoms with van der Waals surface area (Å²) in [6.07, 6.45) is 1.78. The van der Waals surface area contributed by atoms with Gasteiger partial charge < -0.3 is 14.8 Å². The highest BCUT2D eigenvalue weighted by Gasteiger charge is 2.27. The topological polar surface area (TPSA) is 84.9 Å². The third kappa shape index (κ3) is 5.98. The van der Waals surface area contributed by atoms with E-state index in [4.69, 9.17) is 9.47 Å². The molecule has 1 N–H and O–H groups in total. The summed E-state index contributed by atoms with van der Waals surface area (Å²) in [6, 6.07) is 14.0. The highest BCUT2D eigenvalue weighted by atomic mass is 32.2. The van der Waals surface area contributed by atoms with Crippen LogP contribution in [-0.2, 0) is 14.8 Å². The number of hydrogen-bond acceptors (Lipinski definition) is 5. The predicted octanol–water partition coefficient (Wildman–Crippen LogP) is 3.13. The molecule has 31 heavy (non-hydrogen) atoms. The van der Waals surface area contributed by atoms with E-state index in [1.54, 1.807) is 24.3 Å². The Hall–Kier alpha value is -2.58. The van der Waals surface area contributed by atoms with Crippen molar-refractivity contribution in [1.29, 1.82) is 0 Å². The molecule has 1 aliphatic heterocycles. The standard InChI is InChI=1S/C23H30N2O5S/c1-3-21(30-22-9-5-4-8-18(22)2)23(26)24-14-17-29-19-10-12-20(13-11-19)31(27,28)25-15-6-7-16-25/h4-5,8-13,21H,3,6-7,14-17H2,1-2H3,(H,24,26). The maximum absolute atomic E-state index is 12.6. The number of aryl methyl sites for hydroxylation is 1. The Morgan fingerprint density at radius 3 is 2.42 bits per heavy atom. The van der Waals surface area contributed by atoms with Crippen LogP contribution in [0.1, 0.15) is 31.7 Å². The zero-order valence-electron chi connectivity index (χ0n) is 18.0. The number of sulfonamides is 1. The van der Waals surface area contributed by atoms with E-state index in [1.165, 1.54) is 4.31 Å². The van der Waals surface area contributed by atoms with Crippen LogP contribution in [0.15, 0.2) is 53.4 Å². The molecule has 1 amide bonds. The van der Waals surface area contributed by atoms with Crippen LogP contribution in [0.5, 0.6) is 11.5 Å². The minimum Gasteiger partial charge on any atom is -0.492 e. The second-order valence-electron chi connectivity index (χ2n) is 7.50. The van der Waals surface area contributed by atoms with Crippen molar-refractivity contribution >= 4 is 15.9 Å². The highest BCUT2D eigenvalue weighted by molar-refractivity contribution is 7.89. The van der Waals surface area contributed by atoms with Gasteiger partial charge in [0.25, 0.3) is 5.91 Å². The minimum absolute atomic E-state index is 0.193. The number of carbonyl (C=O) groups is 1. The molecule has 0 saturated carbocycles. The second-order valence-corrected chi connectivity index (χ2v) is 9.44. The van der Waals surface area contributed by atoms with Gasteiger partial charge in [0.2, 0.25) is 10.0 Å². The molecular formula is C23H30N2O5S.